The van der Waals surface area contributed by atoms with E-state index in [2.05, 4.69) is 21.4 Å². The Kier molecular flexibility index (Phi) is 10.0. The van der Waals surface area contributed by atoms with Crippen LogP contribution in [0, 0.1) is 12.5 Å². The molecule has 2 aromatic carbocycles. The van der Waals surface area contributed by atoms with Crippen LogP contribution < -0.4 is 10.6 Å². The number of amides is 3. The molecule has 0 spiro atoms. The van der Waals surface area contributed by atoms with E-state index in [1.807, 2.05) is 6.07 Å². The molecule has 2 N–H and O–H groups in total. The molecule has 2 rings (SSSR count). The van der Waals surface area contributed by atoms with Gasteiger partial charge in [0, 0.05) is 12.5 Å². The molecule has 0 saturated heterocycles. The number of alkyl carbamates (subject to hydrolysis) is 1. The molecular weight excluding hydrogens is 462 g/mol. The topological polar surface area (TPSA) is 114 Å². The zero-order valence-electron chi connectivity index (χ0n) is 20.8. The molecule has 0 heterocycles. The highest BCUT2D eigenvalue weighted by molar-refractivity contribution is 5.94. The van der Waals surface area contributed by atoms with Gasteiger partial charge in [0.05, 0.1) is 7.11 Å². The maximum Gasteiger partial charge on any atom is 0.408 e. The second-order valence-electron chi connectivity index (χ2n) is 8.83. The number of methoxy groups -OCH3 is 1. The van der Waals surface area contributed by atoms with Crippen LogP contribution in [0.25, 0.3) is 0 Å². The molecule has 9 heteroatoms. The third-order valence-electron chi connectivity index (χ3n) is 4.90. The van der Waals surface area contributed by atoms with Crippen LogP contribution in [0.2, 0.25) is 0 Å². The maximum atomic E-state index is 13.7. The summed E-state index contributed by atoms with van der Waals surface area (Å²) in [4.78, 5) is 51.9. The summed E-state index contributed by atoms with van der Waals surface area (Å²) in [5.74, 6) is -2.05. The third-order valence-corrected chi connectivity index (χ3v) is 4.90. The Balaban J connectivity index is 2.42. The van der Waals surface area contributed by atoms with E-state index in [0.717, 1.165) is 10.5 Å². The number of ether oxygens (including phenoxy) is 2. The fraction of sp³-hybridized carbons (Fsp3) is 0.333. The summed E-state index contributed by atoms with van der Waals surface area (Å²) in [5.41, 5.74) is 0.383. The third kappa shape index (κ3) is 8.47. The van der Waals surface area contributed by atoms with Gasteiger partial charge in [0.25, 0.3) is 5.91 Å². The van der Waals surface area contributed by atoms with Gasteiger partial charge < -0.3 is 20.1 Å². The molecule has 0 aliphatic heterocycles. The van der Waals surface area contributed by atoms with E-state index in [-0.39, 0.29) is 6.42 Å². The van der Waals surface area contributed by atoms with Crippen molar-refractivity contribution < 1.29 is 28.7 Å². The van der Waals surface area contributed by atoms with Gasteiger partial charge in [-0.05, 0) is 31.9 Å². The molecule has 3 amide bonds. The van der Waals surface area contributed by atoms with Gasteiger partial charge in [-0.15, -0.1) is 0 Å². The minimum atomic E-state index is -1.27. The van der Waals surface area contributed by atoms with Crippen molar-refractivity contribution in [1.82, 2.24) is 15.5 Å². The number of esters is 1. The number of carbonyl (C=O) groups excluding carboxylic acids is 4. The van der Waals surface area contributed by atoms with E-state index in [0.29, 0.717) is 5.56 Å². The molecule has 0 aliphatic rings. The largest absolute Gasteiger partial charge is 0.468 e. The molecule has 0 bridgehead atoms. The fourth-order valence-electron chi connectivity index (χ4n) is 3.31. The fourth-order valence-corrected chi connectivity index (χ4v) is 3.31. The first-order valence-electron chi connectivity index (χ1n) is 11.3. The number of rotatable bonds is 9. The molecule has 0 radical (unpaired) electrons. The number of carbonyl (C=O) groups is 4. The number of hydrogen-bond acceptors (Lipinski definition) is 6. The van der Waals surface area contributed by atoms with Crippen molar-refractivity contribution in [3.8, 4) is 12.5 Å². The quantitative estimate of drug-likeness (QED) is 0.315. The predicted octanol–water partition coefficient (Wildman–Crippen LogP) is 2.57. The van der Waals surface area contributed by atoms with Gasteiger partial charge in [0.15, 0.2) is 0 Å². The molecule has 36 heavy (non-hydrogen) atoms. The zero-order valence-corrected chi connectivity index (χ0v) is 20.8. The molecule has 9 nitrogen and oxygen atoms in total. The van der Waals surface area contributed by atoms with E-state index >= 15 is 0 Å². The van der Waals surface area contributed by atoms with Gasteiger partial charge >= 0.3 is 12.1 Å². The number of benzene rings is 2. The van der Waals surface area contributed by atoms with Gasteiger partial charge in [-0.25, -0.2) is 4.79 Å². The van der Waals surface area contributed by atoms with Crippen LogP contribution in [-0.2, 0) is 30.3 Å². The van der Waals surface area contributed by atoms with Gasteiger partial charge in [0.2, 0.25) is 5.91 Å². The predicted molar refractivity (Wildman–Crippen MR) is 133 cm³/mol. The average Bonchev–Trinajstić information content (AvgIpc) is 2.84. The summed E-state index contributed by atoms with van der Waals surface area (Å²) in [5, 5.41) is 5.03. The molecule has 0 aromatic heterocycles. The monoisotopic (exact) mass is 493 g/mol. The lowest BCUT2D eigenvalue weighted by molar-refractivity contribution is -0.142. The lowest BCUT2D eigenvalue weighted by Crippen LogP contribution is -2.52. The lowest BCUT2D eigenvalue weighted by Gasteiger charge is -2.30. The first-order valence-corrected chi connectivity index (χ1v) is 11.3. The minimum Gasteiger partial charge on any atom is -0.468 e. The van der Waals surface area contributed by atoms with Gasteiger partial charge in [0.1, 0.15) is 24.2 Å². The second-order valence-corrected chi connectivity index (χ2v) is 8.83. The Morgan fingerprint density at radius 1 is 1.00 bits per heavy atom. The first-order chi connectivity index (χ1) is 17.1. The minimum absolute atomic E-state index is 0.0996. The van der Waals surface area contributed by atoms with Crippen LogP contribution in [0.3, 0.4) is 0 Å². The molecule has 0 fully saturated rings. The Morgan fingerprint density at radius 3 is 2.11 bits per heavy atom. The van der Waals surface area contributed by atoms with Crippen LogP contribution in [0.1, 0.15) is 37.9 Å². The molecule has 2 atom stereocenters. The van der Waals surface area contributed by atoms with Crippen LogP contribution in [0.4, 0.5) is 4.79 Å². The average molecular weight is 494 g/mol. The van der Waals surface area contributed by atoms with E-state index in [1.54, 1.807) is 75.4 Å². The summed E-state index contributed by atoms with van der Waals surface area (Å²) in [6, 6.07) is 17.3. The van der Waals surface area contributed by atoms with Gasteiger partial charge in [-0.3, -0.25) is 19.3 Å². The molecular formula is C27H31N3O6. The molecule has 0 saturated carbocycles. The molecule has 2 aromatic rings. The Hall–Kier alpha value is -4.32. The van der Waals surface area contributed by atoms with Crippen molar-refractivity contribution in [2.24, 2.45) is 0 Å². The zero-order chi connectivity index (χ0) is 26.7. The number of nitrogens with one attached hydrogen (secondary N) is 2. The summed E-state index contributed by atoms with van der Waals surface area (Å²) in [6.45, 7) is 4.69. The summed E-state index contributed by atoms with van der Waals surface area (Å²) in [7, 11) is 1.19. The summed E-state index contributed by atoms with van der Waals surface area (Å²) < 4.78 is 9.91. The van der Waals surface area contributed by atoms with Crippen molar-refractivity contribution in [3.63, 3.8) is 0 Å². The normalized spacial score (nSPS) is 12.3. The van der Waals surface area contributed by atoms with E-state index in [4.69, 9.17) is 11.2 Å². The van der Waals surface area contributed by atoms with Crippen molar-refractivity contribution >= 4 is 23.9 Å². The van der Waals surface area contributed by atoms with Crippen LogP contribution >= 0.6 is 0 Å². The molecule has 2 unspecified atom stereocenters. The molecule has 190 valence electrons. The summed E-state index contributed by atoms with van der Waals surface area (Å²) in [6.07, 6.45) is 5.03. The molecule has 0 aliphatic carbocycles. The highest BCUT2D eigenvalue weighted by Gasteiger charge is 2.36. The van der Waals surface area contributed by atoms with Crippen molar-refractivity contribution in [3.05, 3.63) is 71.8 Å². The van der Waals surface area contributed by atoms with Gasteiger partial charge in [-0.2, -0.15) is 0 Å². The van der Waals surface area contributed by atoms with Crippen LogP contribution in [0.15, 0.2) is 60.7 Å². The van der Waals surface area contributed by atoms with Crippen molar-refractivity contribution in [2.75, 3.05) is 13.7 Å². The van der Waals surface area contributed by atoms with E-state index < -0.39 is 48.1 Å². The Labute approximate surface area is 211 Å². The Morgan fingerprint density at radius 2 is 1.58 bits per heavy atom. The lowest BCUT2D eigenvalue weighted by atomic mass is 10.0. The summed E-state index contributed by atoms with van der Waals surface area (Å²) >= 11 is 0. The van der Waals surface area contributed by atoms with Gasteiger partial charge in [-0.1, -0.05) is 67.1 Å². The van der Waals surface area contributed by atoms with Crippen molar-refractivity contribution in [1.29, 1.82) is 0 Å². The smallest absolute Gasteiger partial charge is 0.408 e. The highest BCUT2D eigenvalue weighted by Crippen LogP contribution is 2.22. The number of nitrogens with zero attached hydrogens (tertiary/aromatic N) is 1. The van der Waals surface area contributed by atoms with E-state index in [1.165, 1.54) is 7.11 Å². The highest BCUT2D eigenvalue weighted by atomic mass is 16.6. The number of hydrogen-bond donors (Lipinski definition) is 2. The Bertz CT molecular complexity index is 1090. The van der Waals surface area contributed by atoms with Crippen LogP contribution in [0.5, 0.6) is 0 Å². The first kappa shape index (κ1) is 27.9. The standard InChI is InChI=1S/C27H31N3O6/c1-6-30(23(20-15-11-8-12-16-20)24(32)28-18-22(31)35-5)25(33)21(17-19-13-9-7-10-14-19)29-26(34)36-27(2,3)4/h1,7-16,21,23H,17-18H2,2-5H3,(H,28,32)(H,29,34). The second kappa shape index (κ2) is 13.0. The number of terminal acetylenes is 1. The SMILES string of the molecule is C#CN(C(=O)C(Cc1ccccc1)NC(=O)OC(C)(C)C)C(C(=O)NCC(=O)OC)c1ccccc1. The van der Waals surface area contributed by atoms with E-state index in [9.17, 15) is 19.2 Å². The van der Waals surface area contributed by atoms with Crippen molar-refractivity contribution in [2.45, 2.75) is 44.9 Å². The van der Waals surface area contributed by atoms with Crippen LogP contribution in [-0.4, -0.2) is 54.1 Å². The maximum absolute atomic E-state index is 13.7.